The summed E-state index contributed by atoms with van der Waals surface area (Å²) in [6, 6.07) is 16.2. The molecule has 4 aromatic rings. The van der Waals surface area contributed by atoms with Crippen molar-refractivity contribution >= 4 is 50.2 Å². The summed E-state index contributed by atoms with van der Waals surface area (Å²) < 4.78 is 3.13. The van der Waals surface area contributed by atoms with Crippen molar-refractivity contribution < 1.29 is 4.79 Å². The first kappa shape index (κ1) is 19.4. The number of halogens is 1. The Balaban J connectivity index is 1.41. The molecule has 2 aromatic carbocycles. The van der Waals surface area contributed by atoms with Gasteiger partial charge in [-0.3, -0.25) is 9.36 Å². The van der Waals surface area contributed by atoms with Gasteiger partial charge in [0.25, 0.3) is 0 Å². The van der Waals surface area contributed by atoms with Crippen LogP contribution in [-0.4, -0.2) is 30.9 Å². The summed E-state index contributed by atoms with van der Waals surface area (Å²) in [5, 5.41) is 13.6. The second-order valence-electron chi connectivity index (χ2n) is 7.41. The molecular weight excluding hydrogens is 462 g/mol. The molecule has 1 amide bonds. The molecule has 5 rings (SSSR count). The van der Waals surface area contributed by atoms with Crippen LogP contribution in [0.5, 0.6) is 0 Å². The van der Waals surface area contributed by atoms with Crippen molar-refractivity contribution in [2.45, 2.75) is 36.2 Å². The number of nitrogens with one attached hydrogen (secondary N) is 2. The van der Waals surface area contributed by atoms with Crippen LogP contribution in [0.15, 0.2) is 64.4 Å². The molecule has 30 heavy (non-hydrogen) atoms. The Morgan fingerprint density at radius 1 is 1.23 bits per heavy atom. The molecule has 2 aromatic heterocycles. The molecule has 2 heterocycles. The van der Waals surface area contributed by atoms with E-state index in [9.17, 15) is 4.79 Å². The number of anilines is 1. The predicted octanol–water partition coefficient (Wildman–Crippen LogP) is 5.64. The average molecular weight is 482 g/mol. The minimum Gasteiger partial charge on any atom is -0.360 e. The number of hydrogen-bond donors (Lipinski definition) is 2. The number of fused-ring (bicyclic) bond motifs is 1. The normalized spacial score (nSPS) is 14.7. The smallest absolute Gasteiger partial charge is 0.237 e. The molecule has 6 nitrogen and oxygen atoms in total. The largest absolute Gasteiger partial charge is 0.360 e. The van der Waals surface area contributed by atoms with E-state index in [-0.39, 0.29) is 11.2 Å². The van der Waals surface area contributed by atoms with Gasteiger partial charge < -0.3 is 10.3 Å². The summed E-state index contributed by atoms with van der Waals surface area (Å²) in [5.41, 5.74) is 2.89. The van der Waals surface area contributed by atoms with Gasteiger partial charge in [-0.05, 0) is 44.0 Å². The number of nitrogens with zero attached hydrogens (tertiary/aromatic N) is 3. The molecule has 2 N–H and O–H groups in total. The van der Waals surface area contributed by atoms with Gasteiger partial charge in [0, 0.05) is 38.9 Å². The van der Waals surface area contributed by atoms with Gasteiger partial charge in [-0.1, -0.05) is 52.0 Å². The first-order valence-electron chi connectivity index (χ1n) is 9.84. The van der Waals surface area contributed by atoms with Gasteiger partial charge in [-0.25, -0.2) is 0 Å². The van der Waals surface area contributed by atoms with Crippen LogP contribution in [0.4, 0.5) is 5.69 Å². The number of rotatable bonds is 6. The van der Waals surface area contributed by atoms with Crippen molar-refractivity contribution in [2.24, 2.45) is 0 Å². The Hall–Kier alpha value is -2.58. The summed E-state index contributed by atoms with van der Waals surface area (Å²) >= 11 is 4.88. The summed E-state index contributed by atoms with van der Waals surface area (Å²) in [7, 11) is 0. The highest BCUT2D eigenvalue weighted by atomic mass is 79.9. The minimum atomic E-state index is -0.304. The van der Waals surface area contributed by atoms with E-state index in [4.69, 9.17) is 0 Å². The molecule has 0 radical (unpaired) electrons. The van der Waals surface area contributed by atoms with Crippen molar-refractivity contribution in [3.05, 3.63) is 59.2 Å². The molecule has 0 bridgehead atoms. The molecule has 0 saturated heterocycles. The molecular formula is C22H20BrN5OS. The van der Waals surface area contributed by atoms with Gasteiger partial charge in [0.05, 0.1) is 5.25 Å². The maximum absolute atomic E-state index is 12.7. The lowest BCUT2D eigenvalue weighted by molar-refractivity contribution is -0.115. The number of carbonyl (C=O) groups excluding carboxylic acids is 1. The molecule has 1 aliphatic carbocycles. The summed E-state index contributed by atoms with van der Waals surface area (Å²) in [4.78, 5) is 16.0. The number of amides is 1. The fraction of sp³-hybridized carbons (Fsp3) is 0.227. The van der Waals surface area contributed by atoms with Crippen molar-refractivity contribution in [3.63, 3.8) is 0 Å². The molecule has 152 valence electrons. The van der Waals surface area contributed by atoms with Gasteiger partial charge in [0.2, 0.25) is 5.91 Å². The molecule has 8 heteroatoms. The third kappa shape index (κ3) is 3.77. The lowest BCUT2D eigenvalue weighted by atomic mass is 10.1. The monoisotopic (exact) mass is 481 g/mol. The van der Waals surface area contributed by atoms with E-state index in [1.807, 2.05) is 49.5 Å². The van der Waals surface area contributed by atoms with E-state index in [0.717, 1.165) is 50.4 Å². The van der Waals surface area contributed by atoms with E-state index < -0.39 is 0 Å². The number of aromatic nitrogens is 4. The molecule has 1 unspecified atom stereocenters. The quantitative estimate of drug-likeness (QED) is 0.349. The molecule has 1 aliphatic rings. The van der Waals surface area contributed by atoms with Crippen molar-refractivity contribution in [1.29, 1.82) is 0 Å². The van der Waals surface area contributed by atoms with Crippen LogP contribution in [0.2, 0.25) is 0 Å². The lowest BCUT2D eigenvalue weighted by Gasteiger charge is -2.13. The molecule has 1 saturated carbocycles. The highest BCUT2D eigenvalue weighted by Crippen LogP contribution is 2.42. The minimum absolute atomic E-state index is 0.0582. The standard InChI is InChI=1S/C22H20BrN5OS/c1-13(21(29)25-15-6-4-5-14(23)11-15)30-22-27-26-20(28(22)16-9-10-16)18-12-24-19-8-3-2-7-17(18)19/h2-8,11-13,16,24H,9-10H2,1H3,(H,25,29). The van der Waals surface area contributed by atoms with Gasteiger partial charge in [-0.2, -0.15) is 0 Å². The highest BCUT2D eigenvalue weighted by Gasteiger charge is 2.32. The molecule has 1 fully saturated rings. The maximum Gasteiger partial charge on any atom is 0.237 e. The van der Waals surface area contributed by atoms with Crippen LogP contribution in [0.25, 0.3) is 22.3 Å². The second-order valence-corrected chi connectivity index (χ2v) is 9.64. The van der Waals surface area contributed by atoms with E-state index >= 15 is 0 Å². The zero-order valence-corrected chi connectivity index (χ0v) is 18.7. The fourth-order valence-electron chi connectivity index (χ4n) is 3.48. The van der Waals surface area contributed by atoms with E-state index in [1.165, 1.54) is 11.8 Å². The zero-order chi connectivity index (χ0) is 20.7. The summed E-state index contributed by atoms with van der Waals surface area (Å²) in [6.45, 7) is 1.90. The Bertz CT molecular complexity index is 1230. The summed E-state index contributed by atoms with van der Waals surface area (Å²) in [5.74, 6) is 0.800. The number of carbonyl (C=O) groups is 1. The fourth-order valence-corrected chi connectivity index (χ4v) is 4.80. The van der Waals surface area contributed by atoms with Gasteiger partial charge >= 0.3 is 0 Å². The average Bonchev–Trinajstić information content (AvgIpc) is 3.35. The van der Waals surface area contributed by atoms with Crippen molar-refractivity contribution in [2.75, 3.05) is 5.32 Å². The van der Waals surface area contributed by atoms with Crippen LogP contribution in [0.3, 0.4) is 0 Å². The molecule has 0 aliphatic heterocycles. The van der Waals surface area contributed by atoms with E-state index in [0.29, 0.717) is 6.04 Å². The van der Waals surface area contributed by atoms with Crippen molar-refractivity contribution in [3.8, 4) is 11.4 Å². The van der Waals surface area contributed by atoms with Crippen LogP contribution in [0, 0.1) is 0 Å². The Kier molecular flexibility index (Phi) is 5.12. The number of aromatic amines is 1. The number of hydrogen-bond acceptors (Lipinski definition) is 4. The van der Waals surface area contributed by atoms with Crippen LogP contribution >= 0.6 is 27.7 Å². The molecule has 1 atom stereocenters. The summed E-state index contributed by atoms with van der Waals surface area (Å²) in [6.07, 6.45) is 4.21. The number of H-pyrrole nitrogens is 1. The number of para-hydroxylation sites is 1. The third-order valence-electron chi connectivity index (χ3n) is 5.15. The second kappa shape index (κ2) is 7.92. The molecule has 0 spiro atoms. The van der Waals surface area contributed by atoms with E-state index in [1.54, 1.807) is 0 Å². The Labute approximate surface area is 186 Å². The predicted molar refractivity (Wildman–Crippen MR) is 124 cm³/mol. The van der Waals surface area contributed by atoms with Crippen LogP contribution < -0.4 is 5.32 Å². The van der Waals surface area contributed by atoms with Crippen molar-refractivity contribution in [1.82, 2.24) is 19.7 Å². The topological polar surface area (TPSA) is 75.6 Å². The van der Waals surface area contributed by atoms with Gasteiger partial charge in [-0.15, -0.1) is 10.2 Å². The Morgan fingerprint density at radius 2 is 2.07 bits per heavy atom. The number of benzene rings is 2. The van der Waals surface area contributed by atoms with Crippen LogP contribution in [-0.2, 0) is 4.79 Å². The lowest BCUT2D eigenvalue weighted by Crippen LogP contribution is -2.22. The van der Waals surface area contributed by atoms with Crippen LogP contribution in [0.1, 0.15) is 25.8 Å². The maximum atomic E-state index is 12.7. The first-order chi connectivity index (χ1) is 14.6. The zero-order valence-electron chi connectivity index (χ0n) is 16.3. The van der Waals surface area contributed by atoms with E-state index in [2.05, 4.69) is 53.1 Å². The highest BCUT2D eigenvalue weighted by molar-refractivity contribution is 9.10. The van der Waals surface area contributed by atoms with Gasteiger partial charge in [0.1, 0.15) is 0 Å². The van der Waals surface area contributed by atoms with Gasteiger partial charge in [0.15, 0.2) is 11.0 Å². The number of thioether (sulfide) groups is 1. The first-order valence-corrected chi connectivity index (χ1v) is 11.5. The Morgan fingerprint density at radius 3 is 2.87 bits per heavy atom. The third-order valence-corrected chi connectivity index (χ3v) is 6.70. The SMILES string of the molecule is CC(Sc1nnc(-c2c[nH]c3ccccc23)n1C1CC1)C(=O)Nc1cccc(Br)c1.